The zero-order valence-corrected chi connectivity index (χ0v) is 26.5. The average Bonchev–Trinajstić information content (AvgIpc) is 3.70. The zero-order chi connectivity index (χ0) is 31.6. The Hall–Kier alpha value is -6.17. The van der Waals surface area contributed by atoms with Crippen molar-refractivity contribution in [3.63, 3.8) is 0 Å². The van der Waals surface area contributed by atoms with E-state index in [0.29, 0.717) is 0 Å². The van der Waals surface area contributed by atoms with Gasteiger partial charge in [-0.3, -0.25) is 14.4 Å². The number of rotatable bonds is 4. The van der Waals surface area contributed by atoms with Crippen LogP contribution in [0.15, 0.2) is 158 Å². The van der Waals surface area contributed by atoms with Crippen molar-refractivity contribution in [2.45, 2.75) is 0 Å². The van der Waals surface area contributed by atoms with E-state index in [0.717, 1.165) is 39.0 Å². The van der Waals surface area contributed by atoms with E-state index in [1.165, 1.54) is 53.2 Å². The van der Waals surface area contributed by atoms with Gasteiger partial charge in [0.05, 0.1) is 0 Å². The Morgan fingerprint density at radius 2 is 1.00 bits per heavy atom. The average molecular weight is 631 g/mol. The lowest BCUT2D eigenvalue weighted by Gasteiger charge is -2.19. The van der Waals surface area contributed by atoms with Crippen molar-refractivity contribution in [1.29, 1.82) is 0 Å². The molecule has 0 saturated heterocycles. The molecular formula is C43H26N4S. The second kappa shape index (κ2) is 10.7. The Bertz CT molecular complexity index is 2720. The van der Waals surface area contributed by atoms with E-state index in [-0.39, 0.29) is 0 Å². The number of nitrogens with zero attached hydrogens (tertiary/aromatic N) is 4. The van der Waals surface area contributed by atoms with Crippen molar-refractivity contribution in [3.8, 4) is 44.5 Å². The molecule has 5 heterocycles. The number of imidazole rings is 1. The van der Waals surface area contributed by atoms with Crippen LogP contribution in [-0.2, 0) is 0 Å². The molecule has 0 aliphatic rings. The number of hydrogen-bond donors (Lipinski definition) is 0. The van der Waals surface area contributed by atoms with Gasteiger partial charge in [-0.15, -0.1) is 11.3 Å². The van der Waals surface area contributed by atoms with Gasteiger partial charge in [-0.05, 0) is 103 Å². The van der Waals surface area contributed by atoms with Gasteiger partial charge in [0.25, 0.3) is 0 Å². The first kappa shape index (κ1) is 27.0. The normalized spacial score (nSPS) is 11.8. The van der Waals surface area contributed by atoms with Gasteiger partial charge in [0.2, 0.25) is 0 Å². The largest absolute Gasteiger partial charge is 0.290 e. The molecule has 5 aromatic carbocycles. The number of pyridine rings is 3. The van der Waals surface area contributed by atoms with Crippen LogP contribution in [0.5, 0.6) is 0 Å². The smallest absolute Gasteiger partial charge is 0.138 e. The van der Waals surface area contributed by atoms with Crippen molar-refractivity contribution in [2.24, 2.45) is 0 Å². The predicted molar refractivity (Wildman–Crippen MR) is 200 cm³/mol. The van der Waals surface area contributed by atoms with Crippen LogP contribution >= 0.6 is 11.3 Å². The van der Waals surface area contributed by atoms with E-state index >= 15 is 0 Å². The summed E-state index contributed by atoms with van der Waals surface area (Å²) >= 11 is 1.80. The molecule has 4 nitrogen and oxygen atoms in total. The molecule has 10 aromatic rings. The van der Waals surface area contributed by atoms with E-state index in [2.05, 4.69) is 136 Å². The molecule has 5 aromatic heterocycles. The molecule has 0 unspecified atom stereocenters. The number of benzene rings is 5. The summed E-state index contributed by atoms with van der Waals surface area (Å²) in [6, 6.07) is 45.7. The van der Waals surface area contributed by atoms with E-state index in [9.17, 15) is 0 Å². The lowest BCUT2D eigenvalue weighted by Crippen LogP contribution is -1.93. The minimum absolute atomic E-state index is 0.964. The summed E-state index contributed by atoms with van der Waals surface area (Å²) in [7, 11) is 0. The maximum atomic E-state index is 5.05. The number of hydrogen-bond acceptors (Lipinski definition) is 4. The second-order valence-corrected chi connectivity index (χ2v) is 13.2. The van der Waals surface area contributed by atoms with E-state index in [1.807, 2.05) is 36.9 Å². The molecule has 48 heavy (non-hydrogen) atoms. The summed E-state index contributed by atoms with van der Waals surface area (Å²) in [6.45, 7) is 0. The van der Waals surface area contributed by atoms with Crippen LogP contribution in [0.25, 0.3) is 92.1 Å². The van der Waals surface area contributed by atoms with E-state index < -0.39 is 0 Å². The SMILES string of the molecule is c1cncc(-c2cc(-c3cccnc3)cc(-c3c4ccccc4c(-c4ccc5nc6c7ccccc7sc6n5c4)c4ccccc34)c2)c1. The highest BCUT2D eigenvalue weighted by molar-refractivity contribution is 7.25. The third-order valence-corrected chi connectivity index (χ3v) is 10.5. The molecule has 0 radical (unpaired) electrons. The van der Waals surface area contributed by atoms with Gasteiger partial charge < -0.3 is 0 Å². The fourth-order valence-electron chi connectivity index (χ4n) is 7.22. The first-order chi connectivity index (χ1) is 23.8. The van der Waals surface area contributed by atoms with Gasteiger partial charge in [-0.25, -0.2) is 4.98 Å². The quantitative estimate of drug-likeness (QED) is 0.182. The lowest BCUT2D eigenvalue weighted by atomic mass is 9.85. The summed E-state index contributed by atoms with van der Waals surface area (Å²) < 4.78 is 3.53. The van der Waals surface area contributed by atoms with Gasteiger partial charge in [-0.2, -0.15) is 0 Å². The van der Waals surface area contributed by atoms with Crippen molar-refractivity contribution < 1.29 is 0 Å². The Labute approximate surface area is 280 Å². The highest BCUT2D eigenvalue weighted by Crippen LogP contribution is 2.45. The Morgan fingerprint density at radius 1 is 0.458 bits per heavy atom. The fourth-order valence-corrected chi connectivity index (χ4v) is 8.35. The van der Waals surface area contributed by atoms with Crippen LogP contribution in [-0.4, -0.2) is 19.4 Å². The fraction of sp³-hybridized carbons (Fsp3) is 0. The van der Waals surface area contributed by atoms with Crippen molar-refractivity contribution in [2.75, 3.05) is 0 Å². The van der Waals surface area contributed by atoms with Gasteiger partial charge in [0, 0.05) is 52.2 Å². The second-order valence-electron chi connectivity index (χ2n) is 12.1. The maximum absolute atomic E-state index is 5.05. The molecule has 0 bridgehead atoms. The van der Waals surface area contributed by atoms with Gasteiger partial charge in [0.15, 0.2) is 0 Å². The third kappa shape index (κ3) is 4.18. The van der Waals surface area contributed by atoms with Gasteiger partial charge in [0.1, 0.15) is 16.0 Å². The Balaban J connectivity index is 1.27. The maximum Gasteiger partial charge on any atom is 0.138 e. The summed E-state index contributed by atoms with van der Waals surface area (Å²) in [6.07, 6.45) is 9.79. The molecule has 0 aliphatic carbocycles. The molecule has 5 heteroatoms. The molecule has 0 fully saturated rings. The molecule has 0 saturated carbocycles. The number of aromatic nitrogens is 4. The van der Waals surface area contributed by atoms with Crippen molar-refractivity contribution in [1.82, 2.24) is 19.4 Å². The molecule has 0 atom stereocenters. The first-order valence-electron chi connectivity index (χ1n) is 16.0. The van der Waals surface area contributed by atoms with Crippen LogP contribution < -0.4 is 0 Å². The number of thiophene rings is 1. The molecule has 0 spiro atoms. The molecular weight excluding hydrogens is 605 g/mol. The van der Waals surface area contributed by atoms with Crippen LogP contribution in [0.3, 0.4) is 0 Å². The first-order valence-corrected chi connectivity index (χ1v) is 16.8. The van der Waals surface area contributed by atoms with E-state index in [4.69, 9.17) is 4.98 Å². The lowest BCUT2D eigenvalue weighted by molar-refractivity contribution is 1.24. The van der Waals surface area contributed by atoms with Crippen molar-refractivity contribution >= 4 is 59.0 Å². The standard InChI is InChI=1S/C43H26N4S/c1-3-13-35-33(11-1)40(29-17-18-39-46-42-37-15-5-6-16-38(37)48-43(42)47(39)26-29)34-12-2-4-14-36(34)41(35)32-22-30(27-9-7-19-44-24-27)21-31(23-32)28-10-8-20-45-25-28/h1-26H. The van der Waals surface area contributed by atoms with Crippen molar-refractivity contribution in [3.05, 3.63) is 158 Å². The number of fused-ring (bicyclic) bond motifs is 7. The van der Waals surface area contributed by atoms with Crippen LogP contribution in [0.2, 0.25) is 0 Å². The molecule has 10 rings (SSSR count). The monoisotopic (exact) mass is 630 g/mol. The van der Waals surface area contributed by atoms with Gasteiger partial charge in [-0.1, -0.05) is 78.9 Å². The highest BCUT2D eigenvalue weighted by Gasteiger charge is 2.19. The molecule has 0 amide bonds. The Morgan fingerprint density at radius 3 is 1.58 bits per heavy atom. The highest BCUT2D eigenvalue weighted by atomic mass is 32.1. The molecule has 0 N–H and O–H groups in total. The summed E-state index contributed by atoms with van der Waals surface area (Å²) in [5, 5.41) is 6.07. The zero-order valence-electron chi connectivity index (χ0n) is 25.7. The van der Waals surface area contributed by atoms with Crippen LogP contribution in [0.4, 0.5) is 0 Å². The summed E-state index contributed by atoms with van der Waals surface area (Å²) in [4.78, 5) is 15.1. The summed E-state index contributed by atoms with van der Waals surface area (Å²) in [5.41, 5.74) is 11.2. The Kier molecular flexibility index (Phi) is 6.01. The van der Waals surface area contributed by atoms with Crippen LogP contribution in [0, 0.1) is 0 Å². The van der Waals surface area contributed by atoms with Gasteiger partial charge >= 0.3 is 0 Å². The molecule has 224 valence electrons. The third-order valence-electron chi connectivity index (χ3n) is 9.36. The topological polar surface area (TPSA) is 43.1 Å². The predicted octanol–water partition coefficient (Wildman–Crippen LogP) is 11.5. The molecule has 0 aliphatic heterocycles. The minimum atomic E-state index is 0.964. The minimum Gasteiger partial charge on any atom is -0.290 e. The van der Waals surface area contributed by atoms with Crippen LogP contribution in [0.1, 0.15) is 0 Å². The summed E-state index contributed by atoms with van der Waals surface area (Å²) in [5.74, 6) is 0. The van der Waals surface area contributed by atoms with E-state index in [1.54, 1.807) is 11.3 Å².